The highest BCUT2D eigenvalue weighted by Gasteiger charge is 2.37. The number of hydrogen-bond donors (Lipinski definition) is 1. The van der Waals surface area contributed by atoms with Gasteiger partial charge < -0.3 is 10.1 Å². The zero-order valence-electron chi connectivity index (χ0n) is 11.8. The molecule has 0 bridgehead atoms. The molecule has 1 saturated carbocycles. The maximum atomic E-state index is 12.3. The van der Waals surface area contributed by atoms with Crippen molar-refractivity contribution in [3.8, 4) is 6.07 Å². The summed E-state index contributed by atoms with van der Waals surface area (Å²) in [6.45, 7) is 3.52. The van der Waals surface area contributed by atoms with Crippen LogP contribution in [0.15, 0.2) is 0 Å². The lowest BCUT2D eigenvalue weighted by atomic mass is 9.76. The minimum absolute atomic E-state index is 0.0304. The standard InChI is InChI=1S/C15H24N2O2/c1-2-12-3-7-15(11-16,8-4-12)17-14(18)13-5-9-19-10-6-13/h12-13H,2-10H2,1H3,(H,17,18). The average Bonchev–Trinajstić information content (AvgIpc) is 2.49. The molecule has 2 aliphatic rings. The molecule has 1 N–H and O–H groups in total. The number of amides is 1. The van der Waals surface area contributed by atoms with Crippen LogP contribution in [0.5, 0.6) is 0 Å². The van der Waals surface area contributed by atoms with Crippen LogP contribution in [-0.4, -0.2) is 24.7 Å². The molecule has 0 aromatic heterocycles. The Morgan fingerprint density at radius 2 is 1.95 bits per heavy atom. The molecule has 2 fully saturated rings. The van der Waals surface area contributed by atoms with Gasteiger partial charge in [0.05, 0.1) is 6.07 Å². The van der Waals surface area contributed by atoms with Gasteiger partial charge in [0, 0.05) is 19.1 Å². The van der Waals surface area contributed by atoms with Gasteiger partial charge in [0.1, 0.15) is 5.54 Å². The second kappa shape index (κ2) is 6.38. The molecule has 106 valence electrons. The summed E-state index contributed by atoms with van der Waals surface area (Å²) in [5.74, 6) is 0.809. The molecule has 0 aromatic rings. The molecule has 0 radical (unpaired) electrons. The molecule has 1 aliphatic heterocycles. The molecule has 1 amide bonds. The number of nitrogens with zero attached hydrogens (tertiary/aromatic N) is 1. The van der Waals surface area contributed by atoms with E-state index in [-0.39, 0.29) is 11.8 Å². The molecule has 0 aromatic carbocycles. The zero-order chi connectivity index (χ0) is 13.7. The smallest absolute Gasteiger partial charge is 0.224 e. The van der Waals surface area contributed by atoms with Crippen molar-refractivity contribution in [2.24, 2.45) is 11.8 Å². The van der Waals surface area contributed by atoms with Crippen LogP contribution in [0, 0.1) is 23.2 Å². The fourth-order valence-corrected chi connectivity index (χ4v) is 3.14. The first-order chi connectivity index (χ1) is 9.19. The van der Waals surface area contributed by atoms with E-state index in [1.807, 2.05) is 0 Å². The summed E-state index contributed by atoms with van der Waals surface area (Å²) in [6, 6.07) is 2.37. The SMILES string of the molecule is CCC1CCC(C#N)(NC(=O)C2CCOCC2)CC1. The van der Waals surface area contributed by atoms with Gasteiger partial charge in [-0.15, -0.1) is 0 Å². The molecule has 19 heavy (non-hydrogen) atoms. The van der Waals surface area contributed by atoms with Gasteiger partial charge in [0.15, 0.2) is 0 Å². The van der Waals surface area contributed by atoms with Crippen molar-refractivity contribution in [1.82, 2.24) is 5.32 Å². The predicted molar refractivity (Wildman–Crippen MR) is 72.3 cm³/mol. The van der Waals surface area contributed by atoms with Gasteiger partial charge in [-0.25, -0.2) is 0 Å². The van der Waals surface area contributed by atoms with Crippen molar-refractivity contribution in [1.29, 1.82) is 5.26 Å². The zero-order valence-corrected chi connectivity index (χ0v) is 11.8. The van der Waals surface area contributed by atoms with E-state index in [1.54, 1.807) is 0 Å². The first-order valence-electron chi connectivity index (χ1n) is 7.50. The fraction of sp³-hybridized carbons (Fsp3) is 0.867. The number of nitrogens with one attached hydrogen (secondary N) is 1. The molecule has 0 atom stereocenters. The Balaban J connectivity index is 1.91. The lowest BCUT2D eigenvalue weighted by Crippen LogP contribution is -2.52. The van der Waals surface area contributed by atoms with Crippen LogP contribution in [0.4, 0.5) is 0 Å². The lowest BCUT2D eigenvalue weighted by molar-refractivity contribution is -0.129. The van der Waals surface area contributed by atoms with Crippen molar-refractivity contribution in [3.63, 3.8) is 0 Å². The maximum absolute atomic E-state index is 12.3. The highest BCUT2D eigenvalue weighted by atomic mass is 16.5. The summed E-state index contributed by atoms with van der Waals surface area (Å²) < 4.78 is 5.27. The number of carbonyl (C=O) groups excluding carboxylic acids is 1. The monoisotopic (exact) mass is 264 g/mol. The number of ether oxygens (including phenoxy) is 1. The highest BCUT2D eigenvalue weighted by molar-refractivity contribution is 5.80. The van der Waals surface area contributed by atoms with Gasteiger partial charge >= 0.3 is 0 Å². The van der Waals surface area contributed by atoms with Crippen molar-refractivity contribution in [2.75, 3.05) is 13.2 Å². The van der Waals surface area contributed by atoms with Gasteiger partial charge in [-0.2, -0.15) is 5.26 Å². The minimum Gasteiger partial charge on any atom is -0.381 e. The van der Waals surface area contributed by atoms with E-state index in [9.17, 15) is 10.1 Å². The van der Waals surface area contributed by atoms with E-state index in [4.69, 9.17) is 4.74 Å². The number of carbonyl (C=O) groups is 1. The third-order valence-corrected chi connectivity index (χ3v) is 4.70. The molecule has 4 heteroatoms. The summed E-state index contributed by atoms with van der Waals surface area (Å²) in [5.41, 5.74) is -0.610. The molecule has 0 spiro atoms. The van der Waals surface area contributed by atoms with Crippen molar-refractivity contribution in [3.05, 3.63) is 0 Å². The molecule has 0 unspecified atom stereocenters. The van der Waals surface area contributed by atoms with E-state index >= 15 is 0 Å². The van der Waals surface area contributed by atoms with Crippen LogP contribution in [0.1, 0.15) is 51.9 Å². The Morgan fingerprint density at radius 3 is 2.47 bits per heavy atom. The Labute approximate surface area is 115 Å². The molecule has 1 saturated heterocycles. The summed E-state index contributed by atoms with van der Waals surface area (Å²) >= 11 is 0. The topological polar surface area (TPSA) is 62.1 Å². The van der Waals surface area contributed by atoms with Gasteiger partial charge in [0.2, 0.25) is 5.91 Å². The Morgan fingerprint density at radius 1 is 1.32 bits per heavy atom. The van der Waals surface area contributed by atoms with Crippen LogP contribution in [0.25, 0.3) is 0 Å². The first kappa shape index (κ1) is 14.3. The van der Waals surface area contributed by atoms with Gasteiger partial charge in [0.25, 0.3) is 0 Å². The second-order valence-corrected chi connectivity index (χ2v) is 5.92. The van der Waals surface area contributed by atoms with Crippen LogP contribution >= 0.6 is 0 Å². The molecular formula is C15H24N2O2. The van der Waals surface area contributed by atoms with E-state index in [0.717, 1.165) is 44.4 Å². The van der Waals surface area contributed by atoms with Crippen LogP contribution in [0.2, 0.25) is 0 Å². The summed E-state index contributed by atoms with van der Waals surface area (Å²) in [6.07, 6.45) is 6.45. The summed E-state index contributed by atoms with van der Waals surface area (Å²) in [7, 11) is 0. The normalized spacial score (nSPS) is 32.5. The predicted octanol–water partition coefficient (Wildman–Crippen LogP) is 2.39. The second-order valence-electron chi connectivity index (χ2n) is 5.92. The van der Waals surface area contributed by atoms with Crippen molar-refractivity contribution in [2.45, 2.75) is 57.4 Å². The minimum atomic E-state index is -0.610. The fourth-order valence-electron chi connectivity index (χ4n) is 3.14. The number of nitriles is 1. The van der Waals surface area contributed by atoms with E-state index in [0.29, 0.717) is 13.2 Å². The molecule has 1 heterocycles. The largest absolute Gasteiger partial charge is 0.381 e. The van der Waals surface area contributed by atoms with Gasteiger partial charge in [-0.1, -0.05) is 13.3 Å². The maximum Gasteiger partial charge on any atom is 0.224 e. The summed E-state index contributed by atoms with van der Waals surface area (Å²) in [4.78, 5) is 12.3. The Bertz CT molecular complexity index is 348. The van der Waals surface area contributed by atoms with Crippen molar-refractivity contribution < 1.29 is 9.53 Å². The third kappa shape index (κ3) is 3.48. The van der Waals surface area contributed by atoms with Crippen molar-refractivity contribution >= 4 is 5.91 Å². The first-order valence-corrected chi connectivity index (χ1v) is 7.50. The van der Waals surface area contributed by atoms with Crippen LogP contribution in [-0.2, 0) is 9.53 Å². The van der Waals surface area contributed by atoms with Gasteiger partial charge in [-0.05, 0) is 44.4 Å². The van der Waals surface area contributed by atoms with Crippen LogP contribution < -0.4 is 5.32 Å². The van der Waals surface area contributed by atoms with E-state index in [2.05, 4.69) is 18.3 Å². The van der Waals surface area contributed by atoms with E-state index < -0.39 is 5.54 Å². The number of rotatable bonds is 3. The average molecular weight is 264 g/mol. The van der Waals surface area contributed by atoms with Gasteiger partial charge in [-0.3, -0.25) is 4.79 Å². The van der Waals surface area contributed by atoms with E-state index in [1.165, 1.54) is 6.42 Å². The molecule has 2 rings (SSSR count). The molecule has 4 nitrogen and oxygen atoms in total. The molecule has 1 aliphatic carbocycles. The highest BCUT2D eigenvalue weighted by Crippen LogP contribution is 2.33. The quantitative estimate of drug-likeness (QED) is 0.851. The van der Waals surface area contributed by atoms with Crippen LogP contribution in [0.3, 0.4) is 0 Å². The lowest BCUT2D eigenvalue weighted by Gasteiger charge is -2.36. The third-order valence-electron chi connectivity index (χ3n) is 4.70. The number of hydrogen-bond acceptors (Lipinski definition) is 3. The Kier molecular flexibility index (Phi) is 4.81. The Hall–Kier alpha value is -1.08. The molecular weight excluding hydrogens is 240 g/mol. The summed E-state index contributed by atoms with van der Waals surface area (Å²) in [5, 5.41) is 12.5.